The van der Waals surface area contributed by atoms with Crippen molar-refractivity contribution in [1.29, 1.82) is 0 Å². The second-order valence-corrected chi connectivity index (χ2v) is 6.35. The molecule has 0 saturated heterocycles. The number of halogens is 3. The summed E-state index contributed by atoms with van der Waals surface area (Å²) in [7, 11) is 0. The van der Waals surface area contributed by atoms with Crippen molar-refractivity contribution in [3.05, 3.63) is 82.5 Å². The standard InChI is InChI=1S/C20H18F3N3O2/c21-20(22,23)15-10-9-14(16(12-15)19(24)27)11-17-25-18(28-26-17)8-4-7-13-5-2-1-3-6-13/h1-3,5-6,9-10,12H,4,7-8,11H2,(H2,24,27). The number of benzene rings is 2. The maximum Gasteiger partial charge on any atom is 0.416 e. The number of hydrogen-bond acceptors (Lipinski definition) is 4. The van der Waals surface area contributed by atoms with E-state index in [-0.39, 0.29) is 17.8 Å². The van der Waals surface area contributed by atoms with Crippen LogP contribution in [0.25, 0.3) is 0 Å². The molecule has 0 spiro atoms. The van der Waals surface area contributed by atoms with Crippen molar-refractivity contribution in [3.63, 3.8) is 0 Å². The normalized spacial score (nSPS) is 11.5. The van der Waals surface area contributed by atoms with E-state index in [9.17, 15) is 18.0 Å². The molecule has 0 radical (unpaired) electrons. The zero-order chi connectivity index (χ0) is 20.1. The third-order valence-electron chi connectivity index (χ3n) is 4.26. The number of carbonyl (C=O) groups excluding carboxylic acids is 1. The molecule has 0 aliphatic carbocycles. The molecular formula is C20H18F3N3O2. The molecule has 1 heterocycles. The summed E-state index contributed by atoms with van der Waals surface area (Å²) in [5.74, 6) is -0.205. The third kappa shape index (κ3) is 4.97. The molecule has 1 amide bonds. The van der Waals surface area contributed by atoms with E-state index in [1.807, 2.05) is 30.3 Å². The first-order chi connectivity index (χ1) is 13.3. The van der Waals surface area contributed by atoms with E-state index >= 15 is 0 Å². The van der Waals surface area contributed by atoms with Crippen LogP contribution in [0.1, 0.15) is 45.2 Å². The van der Waals surface area contributed by atoms with Crippen LogP contribution in [-0.2, 0) is 25.4 Å². The van der Waals surface area contributed by atoms with Crippen molar-refractivity contribution in [2.75, 3.05) is 0 Å². The summed E-state index contributed by atoms with van der Waals surface area (Å²) in [6.07, 6.45) is -2.24. The van der Waals surface area contributed by atoms with Crippen LogP contribution < -0.4 is 5.73 Å². The number of alkyl halides is 3. The first-order valence-electron chi connectivity index (χ1n) is 8.68. The largest absolute Gasteiger partial charge is 0.416 e. The molecule has 8 heteroatoms. The molecule has 1 aromatic heterocycles. The highest BCUT2D eigenvalue weighted by Gasteiger charge is 2.31. The smallest absolute Gasteiger partial charge is 0.366 e. The van der Waals surface area contributed by atoms with Gasteiger partial charge in [-0.05, 0) is 36.1 Å². The summed E-state index contributed by atoms with van der Waals surface area (Å²) in [6.45, 7) is 0. The molecule has 0 fully saturated rings. The number of primary amides is 1. The van der Waals surface area contributed by atoms with E-state index < -0.39 is 17.6 Å². The van der Waals surface area contributed by atoms with Crippen LogP contribution in [0, 0.1) is 0 Å². The molecule has 146 valence electrons. The lowest BCUT2D eigenvalue weighted by atomic mass is 10.0. The number of nitrogens with zero attached hydrogens (tertiary/aromatic N) is 2. The van der Waals surface area contributed by atoms with Crippen LogP contribution in [0.15, 0.2) is 53.1 Å². The fourth-order valence-electron chi connectivity index (χ4n) is 2.86. The lowest BCUT2D eigenvalue weighted by Gasteiger charge is -2.10. The van der Waals surface area contributed by atoms with Gasteiger partial charge in [0.05, 0.1) is 5.56 Å². The highest BCUT2D eigenvalue weighted by Crippen LogP contribution is 2.31. The summed E-state index contributed by atoms with van der Waals surface area (Å²) in [4.78, 5) is 15.8. The van der Waals surface area contributed by atoms with Gasteiger partial charge in [0, 0.05) is 18.4 Å². The fraction of sp³-hybridized carbons (Fsp3) is 0.250. The molecule has 0 saturated carbocycles. The van der Waals surface area contributed by atoms with Crippen molar-refractivity contribution >= 4 is 5.91 Å². The van der Waals surface area contributed by atoms with E-state index in [1.54, 1.807) is 0 Å². The maximum absolute atomic E-state index is 12.8. The molecule has 0 aliphatic rings. The maximum atomic E-state index is 12.8. The Morgan fingerprint density at radius 2 is 1.82 bits per heavy atom. The topological polar surface area (TPSA) is 82.0 Å². The lowest BCUT2D eigenvalue weighted by Crippen LogP contribution is -2.16. The quantitative estimate of drug-likeness (QED) is 0.663. The summed E-state index contributed by atoms with van der Waals surface area (Å²) >= 11 is 0. The van der Waals surface area contributed by atoms with Crippen LogP contribution >= 0.6 is 0 Å². The number of carbonyl (C=O) groups is 1. The molecule has 0 aliphatic heterocycles. The Labute approximate surface area is 159 Å². The van der Waals surface area contributed by atoms with Crippen molar-refractivity contribution in [2.45, 2.75) is 31.9 Å². The zero-order valence-corrected chi connectivity index (χ0v) is 14.9. The summed E-state index contributed by atoms with van der Waals surface area (Å²) < 4.78 is 43.7. The summed E-state index contributed by atoms with van der Waals surface area (Å²) in [5, 5.41) is 3.85. The minimum Gasteiger partial charge on any atom is -0.366 e. The van der Waals surface area contributed by atoms with Crippen LogP contribution in [0.4, 0.5) is 13.2 Å². The van der Waals surface area contributed by atoms with Gasteiger partial charge in [-0.1, -0.05) is 41.6 Å². The minimum atomic E-state index is -4.55. The molecule has 5 nitrogen and oxygen atoms in total. The number of aryl methyl sites for hydroxylation is 2. The summed E-state index contributed by atoms with van der Waals surface area (Å²) in [5.41, 5.74) is 5.63. The Bertz CT molecular complexity index is 953. The third-order valence-corrected chi connectivity index (χ3v) is 4.26. The molecule has 3 rings (SSSR count). The van der Waals surface area contributed by atoms with E-state index in [0.717, 1.165) is 25.0 Å². The Balaban J connectivity index is 1.66. The van der Waals surface area contributed by atoms with E-state index in [2.05, 4.69) is 10.1 Å². The first kappa shape index (κ1) is 19.6. The van der Waals surface area contributed by atoms with Gasteiger partial charge in [0.2, 0.25) is 11.8 Å². The Morgan fingerprint density at radius 1 is 1.07 bits per heavy atom. The lowest BCUT2D eigenvalue weighted by molar-refractivity contribution is -0.137. The first-order valence-corrected chi connectivity index (χ1v) is 8.68. The highest BCUT2D eigenvalue weighted by atomic mass is 19.4. The average Bonchev–Trinajstić information content (AvgIpc) is 3.09. The Kier molecular flexibility index (Phi) is 5.77. The van der Waals surface area contributed by atoms with E-state index in [1.165, 1.54) is 11.6 Å². The number of hydrogen-bond donors (Lipinski definition) is 1. The Morgan fingerprint density at radius 3 is 2.50 bits per heavy atom. The molecule has 0 atom stereocenters. The molecule has 0 bridgehead atoms. The number of rotatable bonds is 7. The minimum absolute atomic E-state index is 0.0542. The van der Waals surface area contributed by atoms with Gasteiger partial charge in [0.1, 0.15) is 0 Å². The van der Waals surface area contributed by atoms with Crippen molar-refractivity contribution in [2.24, 2.45) is 5.73 Å². The predicted octanol–water partition coefficient (Wildman–Crippen LogP) is 3.95. The monoisotopic (exact) mass is 389 g/mol. The number of amides is 1. The van der Waals surface area contributed by atoms with Gasteiger partial charge in [-0.2, -0.15) is 18.2 Å². The molecule has 0 unspecified atom stereocenters. The van der Waals surface area contributed by atoms with Crippen molar-refractivity contribution in [3.8, 4) is 0 Å². The second-order valence-electron chi connectivity index (χ2n) is 6.35. The van der Waals surface area contributed by atoms with Gasteiger partial charge < -0.3 is 10.3 Å². The molecule has 2 N–H and O–H groups in total. The van der Waals surface area contributed by atoms with Gasteiger partial charge in [-0.15, -0.1) is 0 Å². The van der Waals surface area contributed by atoms with Gasteiger partial charge in [-0.25, -0.2) is 0 Å². The van der Waals surface area contributed by atoms with Gasteiger partial charge in [-0.3, -0.25) is 4.79 Å². The second kappa shape index (κ2) is 8.24. The van der Waals surface area contributed by atoms with Crippen molar-refractivity contribution < 1.29 is 22.5 Å². The van der Waals surface area contributed by atoms with Gasteiger partial charge >= 0.3 is 6.18 Å². The SMILES string of the molecule is NC(=O)c1cc(C(F)(F)F)ccc1Cc1noc(CCCc2ccccc2)n1. The predicted molar refractivity (Wildman–Crippen MR) is 95.5 cm³/mol. The van der Waals surface area contributed by atoms with Crippen LogP contribution in [-0.4, -0.2) is 16.0 Å². The highest BCUT2D eigenvalue weighted by molar-refractivity contribution is 5.94. The van der Waals surface area contributed by atoms with Gasteiger partial charge in [0.15, 0.2) is 5.82 Å². The van der Waals surface area contributed by atoms with E-state index in [4.69, 9.17) is 10.3 Å². The zero-order valence-electron chi connectivity index (χ0n) is 14.9. The molecule has 3 aromatic rings. The van der Waals surface area contributed by atoms with Crippen LogP contribution in [0.3, 0.4) is 0 Å². The molecule has 2 aromatic carbocycles. The number of nitrogens with two attached hydrogens (primary N) is 1. The van der Waals surface area contributed by atoms with Crippen LogP contribution in [0.2, 0.25) is 0 Å². The average molecular weight is 389 g/mol. The Hall–Kier alpha value is -3.16. The van der Waals surface area contributed by atoms with Gasteiger partial charge in [0.25, 0.3) is 0 Å². The number of aromatic nitrogens is 2. The van der Waals surface area contributed by atoms with Crippen molar-refractivity contribution in [1.82, 2.24) is 10.1 Å². The molecule has 28 heavy (non-hydrogen) atoms. The van der Waals surface area contributed by atoms with E-state index in [0.29, 0.717) is 17.9 Å². The fourth-order valence-corrected chi connectivity index (χ4v) is 2.86. The molecular weight excluding hydrogens is 371 g/mol. The van der Waals surface area contributed by atoms with Crippen LogP contribution in [0.5, 0.6) is 0 Å². The summed E-state index contributed by atoms with van der Waals surface area (Å²) in [6, 6.07) is 12.8.